The second-order valence-electron chi connectivity index (χ2n) is 7.16. The topological polar surface area (TPSA) is 59.4 Å². The van der Waals surface area contributed by atoms with E-state index in [1.807, 2.05) is 48.7 Å². The van der Waals surface area contributed by atoms with E-state index in [2.05, 4.69) is 32.8 Å². The Hall–Kier alpha value is -3.19. The summed E-state index contributed by atoms with van der Waals surface area (Å²) in [6.07, 6.45) is 4.79. The van der Waals surface area contributed by atoms with Crippen LogP contribution in [0.1, 0.15) is 47.2 Å². The average molecular weight is 421 g/mol. The maximum absolute atomic E-state index is 12.0. The van der Waals surface area contributed by atoms with Crippen molar-refractivity contribution in [3.05, 3.63) is 83.9 Å². The van der Waals surface area contributed by atoms with Crippen LogP contribution in [0.25, 0.3) is 5.69 Å². The first kappa shape index (κ1) is 20.1. The number of hydrogen-bond acceptors (Lipinski definition) is 4. The number of rotatable bonds is 6. The summed E-state index contributed by atoms with van der Waals surface area (Å²) in [5.41, 5.74) is 3.43. The van der Waals surface area contributed by atoms with Gasteiger partial charge in [0.2, 0.25) is 0 Å². The van der Waals surface area contributed by atoms with Crippen LogP contribution >= 0.6 is 12.2 Å². The van der Waals surface area contributed by atoms with Gasteiger partial charge < -0.3 is 19.5 Å². The Bertz CT molecular complexity index is 1050. The van der Waals surface area contributed by atoms with E-state index < -0.39 is 0 Å². The van der Waals surface area contributed by atoms with Crippen molar-refractivity contribution in [3.63, 3.8) is 0 Å². The summed E-state index contributed by atoms with van der Waals surface area (Å²) in [5, 5.41) is 4.20. The van der Waals surface area contributed by atoms with Gasteiger partial charge in [-0.25, -0.2) is 4.79 Å². The van der Waals surface area contributed by atoms with E-state index in [0.29, 0.717) is 5.56 Å². The molecule has 2 atom stereocenters. The molecular formula is C23H24N4O2S. The fraction of sp³-hybridized carbons (Fsp3) is 0.261. The summed E-state index contributed by atoms with van der Waals surface area (Å²) in [6.45, 7) is 2.99. The lowest BCUT2D eigenvalue weighted by molar-refractivity contribution is 0.0600. The third-order valence-corrected chi connectivity index (χ3v) is 5.64. The second-order valence-corrected chi connectivity index (χ2v) is 7.55. The van der Waals surface area contributed by atoms with Crippen molar-refractivity contribution in [1.29, 1.82) is 0 Å². The van der Waals surface area contributed by atoms with E-state index in [9.17, 15) is 4.79 Å². The van der Waals surface area contributed by atoms with Crippen molar-refractivity contribution in [2.45, 2.75) is 25.4 Å². The predicted molar refractivity (Wildman–Crippen MR) is 120 cm³/mol. The van der Waals surface area contributed by atoms with Crippen molar-refractivity contribution < 1.29 is 9.53 Å². The highest BCUT2D eigenvalue weighted by molar-refractivity contribution is 7.80. The third-order valence-electron chi connectivity index (χ3n) is 5.29. The van der Waals surface area contributed by atoms with Crippen LogP contribution < -0.4 is 5.32 Å². The molecule has 30 heavy (non-hydrogen) atoms. The van der Waals surface area contributed by atoms with Crippen molar-refractivity contribution in [2.75, 3.05) is 13.7 Å². The highest BCUT2D eigenvalue weighted by Gasteiger charge is 2.40. The number of pyridine rings is 1. The summed E-state index contributed by atoms with van der Waals surface area (Å²) >= 11 is 5.68. The van der Waals surface area contributed by atoms with E-state index in [-0.39, 0.29) is 18.1 Å². The minimum absolute atomic E-state index is 0.0240. The Labute approximate surface area is 181 Å². The molecule has 154 valence electrons. The van der Waals surface area contributed by atoms with Crippen LogP contribution in [0.5, 0.6) is 0 Å². The molecule has 1 aliphatic heterocycles. The number of esters is 1. The monoisotopic (exact) mass is 420 g/mol. The number of thiocarbonyl (C=S) groups is 1. The quantitative estimate of drug-likeness (QED) is 0.480. The van der Waals surface area contributed by atoms with Gasteiger partial charge in [0.05, 0.1) is 30.5 Å². The molecule has 2 aromatic heterocycles. The maximum Gasteiger partial charge on any atom is 0.337 e. The lowest BCUT2D eigenvalue weighted by Crippen LogP contribution is -2.31. The fourth-order valence-electron chi connectivity index (χ4n) is 3.98. The highest BCUT2D eigenvalue weighted by atomic mass is 32.1. The molecule has 3 heterocycles. The van der Waals surface area contributed by atoms with Gasteiger partial charge in [-0.2, -0.15) is 0 Å². The SMILES string of the molecule is CCCN1C(=S)N[C@@H](c2ccccn2)[C@@H]1c1cccn1-c1cccc(C(=O)OC)c1. The van der Waals surface area contributed by atoms with Crippen LogP contribution in [-0.4, -0.2) is 39.2 Å². The molecule has 6 nitrogen and oxygen atoms in total. The molecule has 0 saturated carbocycles. The molecule has 0 amide bonds. The van der Waals surface area contributed by atoms with Crippen molar-refractivity contribution in [3.8, 4) is 5.69 Å². The molecule has 0 aliphatic carbocycles. The van der Waals surface area contributed by atoms with E-state index in [0.717, 1.165) is 35.2 Å². The molecule has 0 radical (unpaired) electrons. The molecule has 1 aromatic carbocycles. The normalized spacial score (nSPS) is 18.3. The zero-order valence-electron chi connectivity index (χ0n) is 17.0. The van der Waals surface area contributed by atoms with Gasteiger partial charge >= 0.3 is 5.97 Å². The Kier molecular flexibility index (Phi) is 5.81. The Morgan fingerprint density at radius 3 is 2.80 bits per heavy atom. The van der Waals surface area contributed by atoms with Crippen LogP contribution in [0, 0.1) is 0 Å². The van der Waals surface area contributed by atoms with Gasteiger partial charge in [0.1, 0.15) is 0 Å². The van der Waals surface area contributed by atoms with E-state index >= 15 is 0 Å². The molecule has 0 bridgehead atoms. The molecule has 1 fully saturated rings. The second kappa shape index (κ2) is 8.67. The smallest absolute Gasteiger partial charge is 0.337 e. The van der Waals surface area contributed by atoms with Crippen LogP contribution in [0.4, 0.5) is 0 Å². The number of nitrogens with zero attached hydrogens (tertiary/aromatic N) is 3. The van der Waals surface area contributed by atoms with Gasteiger partial charge in [0.15, 0.2) is 5.11 Å². The first-order chi connectivity index (χ1) is 14.6. The number of methoxy groups -OCH3 is 1. The van der Waals surface area contributed by atoms with Crippen LogP contribution in [0.2, 0.25) is 0 Å². The zero-order chi connectivity index (χ0) is 21.1. The first-order valence-electron chi connectivity index (χ1n) is 9.98. The van der Waals surface area contributed by atoms with Gasteiger partial charge in [-0.15, -0.1) is 0 Å². The van der Waals surface area contributed by atoms with Gasteiger partial charge in [0.25, 0.3) is 0 Å². The molecule has 1 aliphatic rings. The lowest BCUT2D eigenvalue weighted by Gasteiger charge is -2.28. The standard InChI is InChI=1S/C23H24N4O2S/c1-3-13-27-21(20(25-23(27)30)18-10-4-5-12-24-18)19-11-7-14-26(19)17-9-6-8-16(15-17)22(28)29-2/h4-12,14-15,20-21H,3,13H2,1-2H3,(H,25,30)/t20-,21-/m0/s1. The van der Waals surface area contributed by atoms with Crippen molar-refractivity contribution >= 4 is 23.3 Å². The Morgan fingerprint density at radius 1 is 1.20 bits per heavy atom. The van der Waals surface area contributed by atoms with Crippen LogP contribution in [-0.2, 0) is 4.74 Å². The number of carbonyl (C=O) groups excluding carboxylic acids is 1. The van der Waals surface area contributed by atoms with E-state index in [4.69, 9.17) is 17.0 Å². The first-order valence-corrected chi connectivity index (χ1v) is 10.4. The molecule has 1 N–H and O–H groups in total. The fourth-order valence-corrected chi connectivity index (χ4v) is 4.31. The largest absolute Gasteiger partial charge is 0.465 e. The summed E-state index contributed by atoms with van der Waals surface area (Å²) in [4.78, 5) is 18.8. The van der Waals surface area contributed by atoms with Crippen molar-refractivity contribution in [2.24, 2.45) is 0 Å². The number of ether oxygens (including phenoxy) is 1. The highest BCUT2D eigenvalue weighted by Crippen LogP contribution is 2.39. The van der Waals surface area contributed by atoms with Gasteiger partial charge in [-0.05, 0) is 61.1 Å². The molecule has 0 spiro atoms. The summed E-state index contributed by atoms with van der Waals surface area (Å²) in [7, 11) is 1.39. The zero-order valence-corrected chi connectivity index (χ0v) is 17.8. The van der Waals surface area contributed by atoms with Crippen molar-refractivity contribution in [1.82, 2.24) is 19.8 Å². The third kappa shape index (κ3) is 3.68. The van der Waals surface area contributed by atoms with Gasteiger partial charge in [-0.1, -0.05) is 19.1 Å². The summed E-state index contributed by atoms with van der Waals surface area (Å²) in [6, 6.07) is 17.4. The maximum atomic E-state index is 12.0. The Morgan fingerprint density at radius 2 is 2.07 bits per heavy atom. The number of nitrogens with one attached hydrogen (secondary N) is 1. The summed E-state index contributed by atoms with van der Waals surface area (Å²) in [5.74, 6) is -0.353. The molecule has 3 aromatic rings. The molecular weight excluding hydrogens is 396 g/mol. The Balaban J connectivity index is 1.79. The predicted octanol–water partition coefficient (Wildman–Crippen LogP) is 4.04. The molecule has 0 unspecified atom stereocenters. The number of aromatic nitrogens is 2. The van der Waals surface area contributed by atoms with Gasteiger partial charge in [0, 0.05) is 30.3 Å². The summed E-state index contributed by atoms with van der Waals surface area (Å²) < 4.78 is 6.99. The van der Waals surface area contributed by atoms with Crippen LogP contribution in [0.3, 0.4) is 0 Å². The minimum Gasteiger partial charge on any atom is -0.465 e. The number of benzene rings is 1. The lowest BCUT2D eigenvalue weighted by atomic mass is 10.0. The molecule has 1 saturated heterocycles. The molecule has 4 rings (SSSR count). The number of carbonyl (C=O) groups is 1. The van der Waals surface area contributed by atoms with Gasteiger partial charge in [-0.3, -0.25) is 4.98 Å². The van der Waals surface area contributed by atoms with E-state index in [1.54, 1.807) is 12.3 Å². The average Bonchev–Trinajstić information content (AvgIpc) is 3.39. The minimum atomic E-state index is -0.353. The number of hydrogen-bond donors (Lipinski definition) is 1. The van der Waals surface area contributed by atoms with Crippen LogP contribution in [0.15, 0.2) is 67.0 Å². The van der Waals surface area contributed by atoms with E-state index in [1.165, 1.54) is 7.11 Å². The molecule has 7 heteroatoms.